The van der Waals surface area contributed by atoms with E-state index in [2.05, 4.69) is 25.8 Å². The van der Waals surface area contributed by atoms with Gasteiger partial charge in [-0.15, -0.1) is 0 Å². The van der Waals surface area contributed by atoms with E-state index in [0.717, 1.165) is 47.7 Å². The van der Waals surface area contributed by atoms with Crippen molar-refractivity contribution in [2.24, 2.45) is 5.92 Å². The lowest BCUT2D eigenvalue weighted by molar-refractivity contribution is -0.172. The van der Waals surface area contributed by atoms with Crippen molar-refractivity contribution in [3.63, 3.8) is 0 Å². The van der Waals surface area contributed by atoms with Crippen LogP contribution in [-0.2, 0) is 27.1 Å². The summed E-state index contributed by atoms with van der Waals surface area (Å²) < 4.78 is 36.2. The lowest BCUT2D eigenvalue weighted by atomic mass is 9.65. The van der Waals surface area contributed by atoms with Crippen molar-refractivity contribution >= 4 is 5.97 Å². The summed E-state index contributed by atoms with van der Waals surface area (Å²) >= 11 is 0. The van der Waals surface area contributed by atoms with Crippen LogP contribution in [0.4, 0.5) is 4.39 Å². The van der Waals surface area contributed by atoms with E-state index in [0.29, 0.717) is 19.3 Å². The predicted octanol–water partition coefficient (Wildman–Crippen LogP) is 5.02. The molecule has 0 unspecified atom stereocenters. The maximum Gasteiger partial charge on any atom is 0.332 e. The quantitative estimate of drug-likeness (QED) is 0.381. The summed E-state index contributed by atoms with van der Waals surface area (Å²) in [4.78, 5) is 14.9. The number of hydrogen-bond acceptors (Lipinski definition) is 6. The Morgan fingerprint density at radius 3 is 2.56 bits per heavy atom. The van der Waals surface area contributed by atoms with Gasteiger partial charge in [-0.05, 0) is 79.3 Å². The maximum atomic E-state index is 14.0. The third-order valence-electron chi connectivity index (χ3n) is 7.24. The Morgan fingerprint density at radius 1 is 1.11 bits per heavy atom. The van der Waals surface area contributed by atoms with Crippen molar-refractivity contribution in [3.8, 4) is 11.5 Å². The van der Waals surface area contributed by atoms with Crippen molar-refractivity contribution in [2.45, 2.75) is 51.0 Å². The van der Waals surface area contributed by atoms with Gasteiger partial charge in [-0.2, -0.15) is 0 Å². The van der Waals surface area contributed by atoms with Gasteiger partial charge in [-0.25, -0.2) is 9.18 Å². The number of carbonyl (C=O) groups is 1. The highest BCUT2D eigenvalue weighted by molar-refractivity contribution is 5.71. The summed E-state index contributed by atoms with van der Waals surface area (Å²) in [5.74, 6) is 1.22. The van der Waals surface area contributed by atoms with Crippen molar-refractivity contribution in [1.29, 1.82) is 0 Å². The fourth-order valence-corrected chi connectivity index (χ4v) is 5.55. The maximum absolute atomic E-state index is 14.0. The van der Waals surface area contributed by atoms with Crippen LogP contribution in [0.3, 0.4) is 0 Å². The molecule has 36 heavy (non-hydrogen) atoms. The third-order valence-corrected chi connectivity index (χ3v) is 7.24. The molecule has 0 bridgehead atoms. The zero-order valence-corrected chi connectivity index (χ0v) is 22.4. The highest BCUT2D eigenvalue weighted by Gasteiger charge is 2.47. The summed E-state index contributed by atoms with van der Waals surface area (Å²) in [6.45, 7) is 5.74. The van der Waals surface area contributed by atoms with Crippen LogP contribution < -0.4 is 9.47 Å². The van der Waals surface area contributed by atoms with Crippen LogP contribution >= 0.6 is 0 Å². The van der Waals surface area contributed by atoms with Crippen molar-refractivity contribution in [3.05, 3.63) is 58.9 Å². The van der Waals surface area contributed by atoms with Crippen LogP contribution in [0, 0.1) is 11.7 Å². The zero-order chi connectivity index (χ0) is 26.3. The Kier molecular flexibility index (Phi) is 9.74. The Hall–Kier alpha value is -2.64. The number of nitrogens with zero attached hydrogens (tertiary/aromatic N) is 1. The molecule has 2 aromatic carbocycles. The molecular formula is C29H40FNO5. The molecule has 1 aliphatic rings. The van der Waals surface area contributed by atoms with Crippen LogP contribution in [0.1, 0.15) is 49.3 Å². The second kappa shape index (κ2) is 12.5. The van der Waals surface area contributed by atoms with Gasteiger partial charge in [0.05, 0.1) is 14.2 Å². The minimum Gasteiger partial charge on any atom is -0.497 e. The van der Waals surface area contributed by atoms with Crippen LogP contribution in [0.5, 0.6) is 11.5 Å². The van der Waals surface area contributed by atoms with Crippen LogP contribution in [0.2, 0.25) is 0 Å². The number of methoxy groups -OCH3 is 3. The third kappa shape index (κ3) is 6.56. The van der Waals surface area contributed by atoms with Gasteiger partial charge in [0.15, 0.2) is 0 Å². The van der Waals surface area contributed by atoms with Crippen molar-refractivity contribution < 1.29 is 28.1 Å². The predicted molar refractivity (Wildman–Crippen MR) is 138 cm³/mol. The average Bonchev–Trinajstić information content (AvgIpc) is 2.85. The molecule has 0 saturated carbocycles. The second-order valence-electron chi connectivity index (χ2n) is 10.0. The smallest absolute Gasteiger partial charge is 0.332 e. The molecule has 1 aliphatic carbocycles. The number of rotatable bonds is 12. The normalized spacial score (nSPS) is 19.3. The minimum absolute atomic E-state index is 0.0328. The molecule has 0 saturated heterocycles. The van der Waals surface area contributed by atoms with Crippen molar-refractivity contribution in [2.75, 3.05) is 48.1 Å². The van der Waals surface area contributed by atoms with Gasteiger partial charge in [0.2, 0.25) is 0 Å². The SMILES string of the molecule is COCC(=O)O[C@@]1(CCN(C)CCc2cc(OC)ccc2OC)CCc2cc(F)ccc2[C@H]1C(C)C. The first-order valence-corrected chi connectivity index (χ1v) is 12.6. The first-order valence-electron chi connectivity index (χ1n) is 12.6. The Morgan fingerprint density at radius 2 is 1.89 bits per heavy atom. The van der Waals surface area contributed by atoms with Gasteiger partial charge in [-0.3, -0.25) is 0 Å². The number of likely N-dealkylation sites (N-methyl/N-ethyl adjacent to an activating group) is 1. The highest BCUT2D eigenvalue weighted by atomic mass is 19.1. The molecule has 0 aromatic heterocycles. The summed E-state index contributed by atoms with van der Waals surface area (Å²) in [6, 6.07) is 10.8. The number of halogens is 1. The van der Waals surface area contributed by atoms with Crippen LogP contribution in [0.15, 0.2) is 36.4 Å². The number of benzene rings is 2. The number of aryl methyl sites for hydroxylation is 1. The molecule has 0 fully saturated rings. The fraction of sp³-hybridized carbons (Fsp3) is 0.552. The molecule has 2 atom stereocenters. The molecular weight excluding hydrogens is 461 g/mol. The van der Waals surface area contributed by atoms with E-state index in [1.165, 1.54) is 13.2 Å². The van der Waals surface area contributed by atoms with E-state index in [1.807, 2.05) is 24.3 Å². The van der Waals surface area contributed by atoms with Gasteiger partial charge < -0.3 is 23.8 Å². The molecule has 7 heteroatoms. The number of hydrogen-bond donors (Lipinski definition) is 0. The lowest BCUT2D eigenvalue weighted by Gasteiger charge is -2.47. The summed E-state index contributed by atoms with van der Waals surface area (Å²) in [5, 5.41) is 0. The van der Waals surface area contributed by atoms with Gasteiger partial charge in [0.25, 0.3) is 0 Å². The molecule has 0 spiro atoms. The number of carbonyl (C=O) groups excluding carboxylic acids is 1. The van der Waals surface area contributed by atoms with E-state index in [9.17, 15) is 9.18 Å². The molecule has 0 radical (unpaired) electrons. The number of esters is 1. The molecule has 2 aromatic rings. The molecule has 0 heterocycles. The zero-order valence-electron chi connectivity index (χ0n) is 22.4. The molecule has 198 valence electrons. The minimum atomic E-state index is -0.684. The molecule has 3 rings (SSSR count). The van der Waals surface area contributed by atoms with Gasteiger partial charge in [0.1, 0.15) is 29.5 Å². The van der Waals surface area contributed by atoms with Gasteiger partial charge in [-0.1, -0.05) is 19.9 Å². The van der Waals surface area contributed by atoms with Crippen LogP contribution in [-0.4, -0.2) is 64.5 Å². The van der Waals surface area contributed by atoms with Gasteiger partial charge in [0, 0.05) is 32.5 Å². The first kappa shape index (κ1) is 27.9. The topological polar surface area (TPSA) is 57.2 Å². The standard InChI is InChI=1S/C29H40FNO5/c1-20(2)28-25-9-7-23(30)17-21(25)11-13-29(28,36-27(32)19-33-4)14-16-31(3)15-12-22-18-24(34-5)8-10-26(22)35-6/h7-10,17-18,20,28H,11-16,19H2,1-6H3/t28-,29-/m1/s1. The molecule has 6 nitrogen and oxygen atoms in total. The molecule has 0 aliphatic heterocycles. The summed E-state index contributed by atoms with van der Waals surface area (Å²) in [7, 11) is 6.90. The number of fused-ring (bicyclic) bond motifs is 1. The average molecular weight is 502 g/mol. The van der Waals surface area contributed by atoms with Gasteiger partial charge >= 0.3 is 5.97 Å². The largest absolute Gasteiger partial charge is 0.497 e. The van der Waals surface area contributed by atoms with E-state index in [4.69, 9.17) is 18.9 Å². The fourth-order valence-electron chi connectivity index (χ4n) is 5.55. The summed E-state index contributed by atoms with van der Waals surface area (Å²) in [6.07, 6.45) is 2.79. The van der Waals surface area contributed by atoms with E-state index in [1.54, 1.807) is 20.3 Å². The van der Waals surface area contributed by atoms with E-state index >= 15 is 0 Å². The Bertz CT molecular complexity index is 1030. The molecule has 0 N–H and O–H groups in total. The first-order chi connectivity index (χ1) is 17.2. The van der Waals surface area contributed by atoms with E-state index < -0.39 is 5.60 Å². The highest BCUT2D eigenvalue weighted by Crippen LogP contribution is 2.48. The van der Waals surface area contributed by atoms with Crippen LogP contribution in [0.25, 0.3) is 0 Å². The summed E-state index contributed by atoms with van der Waals surface area (Å²) in [5.41, 5.74) is 2.48. The Balaban J connectivity index is 1.79. The Labute approximate surface area is 214 Å². The molecule has 0 amide bonds. The van der Waals surface area contributed by atoms with E-state index in [-0.39, 0.29) is 30.2 Å². The second-order valence-corrected chi connectivity index (χ2v) is 10.0. The number of ether oxygens (including phenoxy) is 4. The monoisotopic (exact) mass is 501 g/mol. The van der Waals surface area contributed by atoms with Crippen molar-refractivity contribution in [1.82, 2.24) is 4.90 Å². The lowest BCUT2D eigenvalue weighted by Crippen LogP contribution is -2.49.